The van der Waals surface area contributed by atoms with Crippen molar-refractivity contribution in [2.24, 2.45) is 0 Å². The van der Waals surface area contributed by atoms with Gasteiger partial charge in [0.1, 0.15) is 11.6 Å². The van der Waals surface area contributed by atoms with Crippen LogP contribution in [0.5, 0.6) is 0 Å². The molecule has 3 aromatic heterocycles. The third-order valence-corrected chi connectivity index (χ3v) is 14.3. The summed E-state index contributed by atoms with van der Waals surface area (Å²) in [5, 5.41) is 44.4. The lowest BCUT2D eigenvalue weighted by molar-refractivity contribution is 0.271. The predicted molar refractivity (Wildman–Crippen MR) is 315 cm³/mol. The molecule has 0 fully saturated rings. The molecule has 398 valence electrons. The van der Waals surface area contributed by atoms with E-state index in [0.717, 1.165) is 106 Å². The Morgan fingerprint density at radius 1 is 0.513 bits per heavy atom. The fourth-order valence-corrected chi connectivity index (χ4v) is 10.3. The van der Waals surface area contributed by atoms with E-state index in [1.807, 2.05) is 130 Å². The van der Waals surface area contributed by atoms with Gasteiger partial charge in [0.25, 0.3) is 0 Å². The van der Waals surface area contributed by atoms with Crippen LogP contribution in [-0.2, 0) is 44.7 Å². The minimum Gasteiger partial charge on any atom is -0.390 e. The van der Waals surface area contributed by atoms with Crippen molar-refractivity contribution in [1.29, 1.82) is 5.26 Å². The number of rotatable bonds is 19. The Morgan fingerprint density at radius 3 is 1.33 bits per heavy atom. The maximum Gasteiger partial charge on any atom is 0.205 e. The van der Waals surface area contributed by atoms with Crippen LogP contribution in [0, 0.1) is 11.3 Å². The van der Waals surface area contributed by atoms with E-state index in [2.05, 4.69) is 96.6 Å². The average molecular weight is 1080 g/mol. The molecule has 0 amide bonds. The average Bonchev–Trinajstić information content (AvgIpc) is 4.26. The highest BCUT2D eigenvalue weighted by atomic mass is 35.5. The van der Waals surface area contributed by atoms with Crippen molar-refractivity contribution in [3.63, 3.8) is 0 Å². The van der Waals surface area contributed by atoms with Crippen molar-refractivity contribution in [2.45, 2.75) is 99.1 Å². The third kappa shape index (κ3) is 12.4. The Hall–Kier alpha value is -7.98. The molecule has 0 aliphatic heterocycles. The Balaban J connectivity index is 0.000000259. The molecule has 0 spiro atoms. The number of tetrazole rings is 1. The van der Waals surface area contributed by atoms with Gasteiger partial charge in [-0.05, 0) is 74.2 Å². The lowest BCUT2D eigenvalue weighted by Gasteiger charge is -2.34. The molecule has 0 unspecified atom stereocenters. The molecule has 10 rings (SSSR count). The first kappa shape index (κ1) is 57.7. The summed E-state index contributed by atoms with van der Waals surface area (Å²) < 4.78 is 4.05. The van der Waals surface area contributed by atoms with Crippen LogP contribution in [0.1, 0.15) is 111 Å². The summed E-state index contributed by atoms with van der Waals surface area (Å²) in [5.41, 5.74) is 11.2. The van der Waals surface area contributed by atoms with Gasteiger partial charge >= 0.3 is 0 Å². The molecule has 0 aliphatic carbocycles. The molecule has 0 bridgehead atoms. The van der Waals surface area contributed by atoms with Gasteiger partial charge in [-0.3, -0.25) is 0 Å². The van der Waals surface area contributed by atoms with E-state index in [9.17, 15) is 15.5 Å². The van der Waals surface area contributed by atoms with E-state index < -0.39 is 5.54 Å². The van der Waals surface area contributed by atoms with Crippen molar-refractivity contribution in [3.8, 4) is 39.7 Å². The van der Waals surface area contributed by atoms with Gasteiger partial charge in [-0.15, -0.1) is 15.0 Å². The summed E-state index contributed by atoms with van der Waals surface area (Å²) in [7, 11) is 0. The van der Waals surface area contributed by atoms with Crippen molar-refractivity contribution < 1.29 is 10.2 Å². The highest BCUT2D eigenvalue weighted by molar-refractivity contribution is 6.30. The number of hydrogen-bond acceptors (Lipinski definition) is 8. The van der Waals surface area contributed by atoms with Crippen LogP contribution in [-0.4, -0.2) is 49.5 Å². The second-order valence-electron chi connectivity index (χ2n) is 18.5. The number of halogens is 2. The van der Waals surface area contributed by atoms with Gasteiger partial charge in [0.15, 0.2) is 15.8 Å². The number of nitrogens with zero attached hydrogens (tertiary/aromatic N) is 9. The number of unbranched alkanes of at least 4 members (excludes halogenated alkanes) is 2. The Labute approximate surface area is 469 Å². The van der Waals surface area contributed by atoms with E-state index in [4.69, 9.17) is 38.6 Å². The molecule has 3 heterocycles. The number of aliphatic hydroxyl groups excluding tert-OH is 2. The summed E-state index contributed by atoms with van der Waals surface area (Å²) in [6.45, 7) is 5.19. The van der Waals surface area contributed by atoms with Gasteiger partial charge in [-0.1, -0.05) is 247 Å². The third-order valence-electron chi connectivity index (χ3n) is 13.7. The van der Waals surface area contributed by atoms with Gasteiger partial charge in [0.05, 0.1) is 36.2 Å². The smallest absolute Gasteiger partial charge is 0.205 e. The second-order valence-corrected chi connectivity index (χ2v) is 19.3. The fraction of sp³-hybridized carbons (Fsp3) is 0.231. The van der Waals surface area contributed by atoms with Crippen molar-refractivity contribution in [1.82, 2.24) is 39.3 Å². The molecule has 0 saturated carbocycles. The first-order valence-corrected chi connectivity index (χ1v) is 26.5. The lowest BCUT2D eigenvalue weighted by atomic mass is 9.77. The standard InChI is InChI=1S/C41H37ClN6O.C22H22ClN3O.2CH4/c1-2-3-23-38-43-39(42)37(29-49)47(38)28-30-24-26-31(27-25-30)35-21-13-14-22-36(35)40-44-46-48(45-40)41(32-15-7-4-8-16-32,33-17-9-5-10-18-33)34-19-11-6-12-20-34;1-2-3-8-21-25-22(23)20(15-27)26(21)14-16-9-11-17(12-10-16)19-7-5-4-6-18(19)13-24;;/h4-22,24-27,49H,2-3,23,28-29H2,1H3;4-7,9-12,27H,2-3,8,14-15H2,1H3;2*1H4. The molecule has 11 nitrogen and oxygen atoms in total. The SMILES string of the molecule is C.C.CCCCc1nc(Cl)c(CO)n1Cc1ccc(-c2ccccc2-c2nnn(C(c3ccccc3)(c3ccccc3)c3ccccc3)n2)cc1.CCCCc1nc(Cl)c(CO)n1Cc1ccc(-c2ccccc2C#N)cc1. The Morgan fingerprint density at radius 2 is 0.910 bits per heavy atom. The highest BCUT2D eigenvalue weighted by Gasteiger charge is 2.41. The van der Waals surface area contributed by atoms with Gasteiger partial charge < -0.3 is 19.3 Å². The van der Waals surface area contributed by atoms with Crippen molar-refractivity contribution in [2.75, 3.05) is 0 Å². The number of aromatic nitrogens is 8. The first-order chi connectivity index (χ1) is 37.3. The van der Waals surface area contributed by atoms with Crippen LogP contribution in [0.15, 0.2) is 188 Å². The molecule has 7 aromatic carbocycles. The summed E-state index contributed by atoms with van der Waals surface area (Å²) >= 11 is 12.6. The molecular formula is C65H67Cl2N9O2. The largest absolute Gasteiger partial charge is 0.390 e. The van der Waals surface area contributed by atoms with E-state index in [1.54, 1.807) is 4.80 Å². The number of benzene rings is 7. The van der Waals surface area contributed by atoms with Crippen LogP contribution in [0.3, 0.4) is 0 Å². The van der Waals surface area contributed by atoms with E-state index in [1.165, 1.54) is 0 Å². The van der Waals surface area contributed by atoms with E-state index in [-0.39, 0.29) is 28.1 Å². The molecule has 13 heteroatoms. The van der Waals surface area contributed by atoms with E-state index >= 15 is 0 Å². The summed E-state index contributed by atoms with van der Waals surface area (Å²) in [6.07, 6.45) is 5.82. The number of aliphatic hydroxyl groups is 2. The lowest BCUT2D eigenvalue weighted by Crippen LogP contribution is -2.39. The maximum absolute atomic E-state index is 10.0. The summed E-state index contributed by atoms with van der Waals surface area (Å²) in [6, 6.07) is 65.6. The topological polar surface area (TPSA) is 143 Å². The zero-order valence-electron chi connectivity index (χ0n) is 42.6. The van der Waals surface area contributed by atoms with Crippen LogP contribution in [0.4, 0.5) is 0 Å². The van der Waals surface area contributed by atoms with Gasteiger partial charge in [0.2, 0.25) is 5.82 Å². The summed E-state index contributed by atoms with van der Waals surface area (Å²) in [4.78, 5) is 10.7. The van der Waals surface area contributed by atoms with Crippen LogP contribution >= 0.6 is 23.2 Å². The maximum atomic E-state index is 10.0. The number of imidazole rings is 2. The second kappa shape index (κ2) is 27.4. The van der Waals surface area contributed by atoms with Gasteiger partial charge in [-0.25, -0.2) is 9.97 Å². The van der Waals surface area contributed by atoms with Crippen molar-refractivity contribution in [3.05, 3.63) is 255 Å². The van der Waals surface area contributed by atoms with E-state index in [0.29, 0.717) is 46.2 Å². The van der Waals surface area contributed by atoms with Crippen LogP contribution in [0.2, 0.25) is 10.3 Å². The van der Waals surface area contributed by atoms with Gasteiger partial charge in [-0.2, -0.15) is 5.26 Å². The molecule has 0 radical (unpaired) electrons. The van der Waals surface area contributed by atoms with Crippen LogP contribution < -0.4 is 0 Å². The zero-order chi connectivity index (χ0) is 52.9. The molecule has 10 aromatic rings. The van der Waals surface area contributed by atoms with Gasteiger partial charge in [0, 0.05) is 31.5 Å². The molecule has 0 saturated heterocycles. The Bertz CT molecular complexity index is 3420. The molecular weight excluding hydrogens is 1010 g/mol. The molecule has 2 N–H and O–H groups in total. The molecule has 0 atom stereocenters. The normalized spacial score (nSPS) is 11.0. The van der Waals surface area contributed by atoms with Crippen molar-refractivity contribution >= 4 is 23.2 Å². The fourth-order valence-electron chi connectivity index (χ4n) is 9.79. The zero-order valence-corrected chi connectivity index (χ0v) is 44.2. The minimum atomic E-state index is -0.856. The number of nitriles is 1. The highest BCUT2D eigenvalue weighted by Crippen LogP contribution is 2.41. The minimum absolute atomic E-state index is 0. The summed E-state index contributed by atoms with van der Waals surface area (Å²) in [5.74, 6) is 2.34. The monoisotopic (exact) mass is 1080 g/mol. The predicted octanol–water partition coefficient (Wildman–Crippen LogP) is 14.8. The number of hydrogen-bond donors (Lipinski definition) is 2. The number of aryl methyl sites for hydroxylation is 2. The molecule has 78 heavy (non-hydrogen) atoms. The first-order valence-electron chi connectivity index (χ1n) is 25.7. The quantitative estimate of drug-likeness (QED) is 0.0762. The van der Waals surface area contributed by atoms with Crippen LogP contribution in [0.25, 0.3) is 33.6 Å². The molecule has 0 aliphatic rings. The Kier molecular flexibility index (Phi) is 20.3.